The Bertz CT molecular complexity index is 156. The molecule has 0 bridgehead atoms. The second kappa shape index (κ2) is 7.53. The van der Waals surface area contributed by atoms with E-state index in [0.717, 1.165) is 18.6 Å². The summed E-state index contributed by atoms with van der Waals surface area (Å²) in [6, 6.07) is 1.55. The van der Waals surface area contributed by atoms with Crippen molar-refractivity contribution in [3.63, 3.8) is 0 Å². The van der Waals surface area contributed by atoms with Gasteiger partial charge in [0.25, 0.3) is 0 Å². The lowest BCUT2D eigenvalue weighted by Gasteiger charge is -2.36. The fourth-order valence-corrected chi connectivity index (χ4v) is 2.88. The molecule has 0 radical (unpaired) electrons. The van der Waals surface area contributed by atoms with Gasteiger partial charge < -0.3 is 10.2 Å². The average molecular weight is 230 g/mol. The summed E-state index contributed by atoms with van der Waals surface area (Å²) in [5, 5.41) is 3.56. The van der Waals surface area contributed by atoms with Crippen molar-refractivity contribution >= 4 is 11.8 Å². The van der Waals surface area contributed by atoms with Gasteiger partial charge in [-0.2, -0.15) is 11.8 Å². The number of nitrogens with zero attached hydrogens (tertiary/aromatic N) is 1. The van der Waals surface area contributed by atoms with Gasteiger partial charge in [0.2, 0.25) is 0 Å². The highest BCUT2D eigenvalue weighted by atomic mass is 32.2. The monoisotopic (exact) mass is 230 g/mol. The summed E-state index contributed by atoms with van der Waals surface area (Å²) in [5.41, 5.74) is 0. The molecule has 1 atom stereocenters. The molecule has 1 heterocycles. The van der Waals surface area contributed by atoms with Crippen LogP contribution in [0.2, 0.25) is 0 Å². The average Bonchev–Trinajstić information content (AvgIpc) is 2.27. The van der Waals surface area contributed by atoms with Crippen molar-refractivity contribution in [1.82, 2.24) is 10.2 Å². The quantitative estimate of drug-likeness (QED) is 0.753. The second-order valence-corrected chi connectivity index (χ2v) is 5.48. The predicted molar refractivity (Wildman–Crippen MR) is 70.7 cm³/mol. The fraction of sp³-hybridized carbons (Fsp3) is 1.00. The van der Waals surface area contributed by atoms with Crippen LogP contribution in [-0.4, -0.2) is 48.6 Å². The van der Waals surface area contributed by atoms with Gasteiger partial charge in [-0.1, -0.05) is 6.92 Å². The van der Waals surface area contributed by atoms with Gasteiger partial charge in [0.15, 0.2) is 0 Å². The van der Waals surface area contributed by atoms with E-state index in [4.69, 9.17) is 0 Å². The molecule has 2 nitrogen and oxygen atoms in total. The van der Waals surface area contributed by atoms with Crippen molar-refractivity contribution in [1.29, 1.82) is 0 Å². The minimum atomic E-state index is 0.777. The molecule has 1 N–H and O–H groups in total. The van der Waals surface area contributed by atoms with Crippen molar-refractivity contribution in [2.24, 2.45) is 0 Å². The van der Waals surface area contributed by atoms with Crippen LogP contribution in [0.4, 0.5) is 0 Å². The topological polar surface area (TPSA) is 15.3 Å². The number of likely N-dealkylation sites (tertiary alicyclic amines) is 1. The van der Waals surface area contributed by atoms with Crippen molar-refractivity contribution < 1.29 is 0 Å². The molecule has 0 spiro atoms. The first-order valence-electron chi connectivity index (χ1n) is 6.24. The normalized spacial score (nSPS) is 21.8. The Morgan fingerprint density at radius 1 is 1.40 bits per heavy atom. The van der Waals surface area contributed by atoms with Gasteiger partial charge in [-0.25, -0.2) is 0 Å². The maximum absolute atomic E-state index is 3.56. The molecule has 0 aromatic heterocycles. The van der Waals surface area contributed by atoms with E-state index in [2.05, 4.69) is 30.3 Å². The SMILES string of the molecule is CCNC1CCN(C(C)CCSC)CC1. The molecule has 1 aliphatic heterocycles. The molecule has 15 heavy (non-hydrogen) atoms. The molecule has 0 aromatic rings. The lowest BCUT2D eigenvalue weighted by atomic mass is 10.0. The van der Waals surface area contributed by atoms with Crippen LogP contribution in [0.1, 0.15) is 33.1 Å². The number of rotatable bonds is 6. The molecule has 0 aliphatic carbocycles. The van der Waals surface area contributed by atoms with Crippen molar-refractivity contribution in [2.45, 2.75) is 45.2 Å². The summed E-state index contributed by atoms with van der Waals surface area (Å²) in [5.74, 6) is 1.30. The molecular formula is C12H26N2S. The van der Waals surface area contributed by atoms with Crippen LogP contribution in [0, 0.1) is 0 Å². The summed E-state index contributed by atoms with van der Waals surface area (Å²) in [6.07, 6.45) is 6.20. The molecule has 90 valence electrons. The van der Waals surface area contributed by atoms with Crippen molar-refractivity contribution in [3.8, 4) is 0 Å². The first-order chi connectivity index (χ1) is 7.27. The Labute approximate surface area is 99.2 Å². The Hall–Kier alpha value is 0.270. The van der Waals surface area contributed by atoms with Gasteiger partial charge in [0.1, 0.15) is 0 Å². The molecule has 1 fully saturated rings. The molecule has 0 saturated carbocycles. The summed E-state index contributed by atoms with van der Waals surface area (Å²) < 4.78 is 0. The van der Waals surface area contributed by atoms with Crippen LogP contribution in [0.25, 0.3) is 0 Å². The van der Waals surface area contributed by atoms with E-state index < -0.39 is 0 Å². The lowest BCUT2D eigenvalue weighted by Crippen LogP contribution is -2.45. The van der Waals surface area contributed by atoms with E-state index in [1.807, 2.05) is 11.8 Å². The van der Waals surface area contributed by atoms with Crippen LogP contribution in [0.3, 0.4) is 0 Å². The van der Waals surface area contributed by atoms with E-state index >= 15 is 0 Å². The van der Waals surface area contributed by atoms with Gasteiger partial charge >= 0.3 is 0 Å². The maximum Gasteiger partial charge on any atom is 0.00912 e. The van der Waals surface area contributed by atoms with E-state index in [0.29, 0.717) is 0 Å². The highest BCUT2D eigenvalue weighted by molar-refractivity contribution is 7.98. The second-order valence-electron chi connectivity index (χ2n) is 4.50. The first-order valence-corrected chi connectivity index (χ1v) is 7.63. The van der Waals surface area contributed by atoms with Crippen LogP contribution in [0.15, 0.2) is 0 Å². The van der Waals surface area contributed by atoms with Crippen LogP contribution in [-0.2, 0) is 0 Å². The van der Waals surface area contributed by atoms with Crippen LogP contribution in [0.5, 0.6) is 0 Å². The summed E-state index contributed by atoms with van der Waals surface area (Å²) in [7, 11) is 0. The van der Waals surface area contributed by atoms with Crippen molar-refractivity contribution in [3.05, 3.63) is 0 Å². The molecule has 1 rings (SSSR count). The zero-order chi connectivity index (χ0) is 11.1. The summed E-state index contributed by atoms with van der Waals surface area (Å²) in [4.78, 5) is 2.66. The van der Waals surface area contributed by atoms with Crippen molar-refractivity contribution in [2.75, 3.05) is 31.6 Å². The zero-order valence-electron chi connectivity index (χ0n) is 10.5. The standard InChI is InChI=1S/C12H26N2S/c1-4-13-12-5-8-14(9-6-12)11(2)7-10-15-3/h11-13H,4-10H2,1-3H3. The number of hydrogen-bond acceptors (Lipinski definition) is 3. The number of piperidine rings is 1. The van der Waals surface area contributed by atoms with E-state index in [1.165, 1.54) is 38.1 Å². The van der Waals surface area contributed by atoms with Gasteiger partial charge in [-0.05, 0) is 57.8 Å². The third-order valence-electron chi connectivity index (χ3n) is 3.39. The molecule has 3 heteroatoms. The Balaban J connectivity index is 2.18. The Morgan fingerprint density at radius 3 is 2.60 bits per heavy atom. The summed E-state index contributed by atoms with van der Waals surface area (Å²) >= 11 is 1.96. The van der Waals surface area contributed by atoms with Gasteiger partial charge in [-0.3, -0.25) is 0 Å². The maximum atomic E-state index is 3.56. The third kappa shape index (κ3) is 4.75. The van der Waals surface area contributed by atoms with Gasteiger partial charge in [0.05, 0.1) is 0 Å². The zero-order valence-corrected chi connectivity index (χ0v) is 11.3. The molecule has 0 aromatic carbocycles. The van der Waals surface area contributed by atoms with Gasteiger partial charge in [-0.15, -0.1) is 0 Å². The van der Waals surface area contributed by atoms with Gasteiger partial charge in [0, 0.05) is 12.1 Å². The number of thioether (sulfide) groups is 1. The molecule has 0 amide bonds. The van der Waals surface area contributed by atoms with E-state index in [-0.39, 0.29) is 0 Å². The highest BCUT2D eigenvalue weighted by Gasteiger charge is 2.21. The Morgan fingerprint density at radius 2 is 2.07 bits per heavy atom. The molecule has 1 saturated heterocycles. The van der Waals surface area contributed by atoms with Crippen LogP contribution < -0.4 is 5.32 Å². The van der Waals surface area contributed by atoms with E-state index in [1.54, 1.807) is 0 Å². The first kappa shape index (κ1) is 13.3. The minimum absolute atomic E-state index is 0.777. The molecule has 1 aliphatic rings. The molecule has 1 unspecified atom stereocenters. The number of nitrogens with one attached hydrogen (secondary N) is 1. The largest absolute Gasteiger partial charge is 0.314 e. The molecular weight excluding hydrogens is 204 g/mol. The van der Waals surface area contributed by atoms with E-state index in [9.17, 15) is 0 Å². The smallest absolute Gasteiger partial charge is 0.00912 e. The third-order valence-corrected chi connectivity index (χ3v) is 4.03. The number of hydrogen-bond donors (Lipinski definition) is 1. The Kier molecular flexibility index (Phi) is 6.69. The minimum Gasteiger partial charge on any atom is -0.314 e. The summed E-state index contributed by atoms with van der Waals surface area (Å²) in [6.45, 7) is 8.27. The van der Waals surface area contributed by atoms with Crippen LogP contribution >= 0.6 is 11.8 Å². The fourth-order valence-electron chi connectivity index (χ4n) is 2.30. The highest BCUT2D eigenvalue weighted by Crippen LogP contribution is 2.15. The predicted octanol–water partition coefficient (Wildman–Crippen LogP) is 2.20. The lowest BCUT2D eigenvalue weighted by molar-refractivity contribution is 0.150.